The Kier molecular flexibility index (Phi) is 4.96. The number of hydrogen-bond acceptors (Lipinski definition) is 3. The summed E-state index contributed by atoms with van der Waals surface area (Å²) in [7, 11) is 1.79. The molecule has 0 aliphatic carbocycles. The summed E-state index contributed by atoms with van der Waals surface area (Å²) >= 11 is 0. The zero-order valence-corrected chi connectivity index (χ0v) is 10.5. The van der Waals surface area contributed by atoms with Gasteiger partial charge in [0.2, 0.25) is 0 Å². The number of aromatic nitrogens is 2. The van der Waals surface area contributed by atoms with Gasteiger partial charge in [0.05, 0.1) is 6.10 Å². The molecule has 2 unspecified atom stereocenters. The molecule has 2 atom stereocenters. The van der Waals surface area contributed by atoms with E-state index in [0.717, 1.165) is 0 Å². The molecule has 6 nitrogen and oxygen atoms in total. The highest BCUT2D eigenvalue weighted by Gasteiger charge is 2.08. The Balaban J connectivity index is 2.26. The van der Waals surface area contributed by atoms with Crippen LogP contribution in [0.2, 0.25) is 0 Å². The summed E-state index contributed by atoms with van der Waals surface area (Å²) in [6.07, 6.45) is 2.08. The number of aliphatic hydroxyl groups is 1. The Morgan fingerprint density at radius 2 is 2.29 bits per heavy atom. The monoisotopic (exact) mass is 240 g/mol. The molecular weight excluding hydrogens is 220 g/mol. The molecule has 3 N–H and O–H groups in total. The van der Waals surface area contributed by atoms with Gasteiger partial charge in [-0.2, -0.15) is 5.10 Å². The number of carbonyl (C=O) groups excluding carboxylic acids is 1. The fourth-order valence-corrected chi connectivity index (χ4v) is 1.57. The number of carbonyl (C=O) groups is 1. The maximum absolute atomic E-state index is 11.5. The van der Waals surface area contributed by atoms with E-state index in [2.05, 4.69) is 15.7 Å². The molecule has 0 aliphatic heterocycles. The lowest BCUT2D eigenvalue weighted by molar-refractivity contribution is 0.163. The topological polar surface area (TPSA) is 79.2 Å². The van der Waals surface area contributed by atoms with Gasteiger partial charge in [-0.3, -0.25) is 10.00 Å². The molecule has 96 valence electrons. The van der Waals surface area contributed by atoms with E-state index in [0.29, 0.717) is 18.8 Å². The lowest BCUT2D eigenvalue weighted by Gasteiger charge is -2.14. The van der Waals surface area contributed by atoms with Crippen molar-refractivity contribution in [2.24, 2.45) is 13.0 Å². The smallest absolute Gasteiger partial charge is 0.320 e. The van der Waals surface area contributed by atoms with Gasteiger partial charge in [-0.15, -0.1) is 0 Å². The summed E-state index contributed by atoms with van der Waals surface area (Å²) < 4.78 is 1.62. The number of nitrogens with zero attached hydrogens (tertiary/aromatic N) is 2. The van der Waals surface area contributed by atoms with Crippen LogP contribution in [0.4, 0.5) is 10.6 Å². The molecule has 2 amide bonds. The van der Waals surface area contributed by atoms with Crippen LogP contribution in [0.5, 0.6) is 0 Å². The number of urea groups is 1. The lowest BCUT2D eigenvalue weighted by atomic mass is 10.1. The number of hydrogen-bond donors (Lipinski definition) is 3. The standard InChI is InChI=1S/C11H20N4O2/c1-8(6-9(2)16)7-12-11(17)13-10-4-5-15(3)14-10/h4-5,8-9,16H,6-7H2,1-3H3,(H2,12,13,14,17). The number of amides is 2. The highest BCUT2D eigenvalue weighted by molar-refractivity contribution is 5.88. The molecule has 6 heteroatoms. The van der Waals surface area contributed by atoms with Crippen LogP contribution in [0.15, 0.2) is 12.3 Å². The fraction of sp³-hybridized carbons (Fsp3) is 0.636. The molecule has 0 aromatic carbocycles. The predicted octanol–water partition coefficient (Wildman–Crippen LogP) is 0.949. The van der Waals surface area contributed by atoms with Gasteiger partial charge < -0.3 is 10.4 Å². The third-order valence-corrected chi connectivity index (χ3v) is 2.31. The van der Waals surface area contributed by atoms with Crippen molar-refractivity contribution >= 4 is 11.8 Å². The lowest BCUT2D eigenvalue weighted by Crippen LogP contribution is -2.33. The maximum atomic E-state index is 11.5. The number of nitrogens with one attached hydrogen (secondary N) is 2. The summed E-state index contributed by atoms with van der Waals surface area (Å²) in [6.45, 7) is 4.25. The fourth-order valence-electron chi connectivity index (χ4n) is 1.57. The third kappa shape index (κ3) is 5.35. The average molecular weight is 240 g/mol. The predicted molar refractivity (Wildman–Crippen MR) is 65.7 cm³/mol. The van der Waals surface area contributed by atoms with Gasteiger partial charge in [0, 0.05) is 25.9 Å². The summed E-state index contributed by atoms with van der Waals surface area (Å²) in [5.41, 5.74) is 0. The van der Waals surface area contributed by atoms with E-state index in [1.807, 2.05) is 6.92 Å². The zero-order valence-electron chi connectivity index (χ0n) is 10.5. The van der Waals surface area contributed by atoms with E-state index in [1.165, 1.54) is 0 Å². The highest BCUT2D eigenvalue weighted by Crippen LogP contribution is 2.04. The highest BCUT2D eigenvalue weighted by atomic mass is 16.3. The number of anilines is 1. The van der Waals surface area contributed by atoms with Crippen LogP contribution in [0.25, 0.3) is 0 Å². The number of aryl methyl sites for hydroxylation is 1. The van der Waals surface area contributed by atoms with Gasteiger partial charge in [-0.1, -0.05) is 6.92 Å². The second-order valence-corrected chi connectivity index (χ2v) is 4.40. The van der Waals surface area contributed by atoms with Crippen molar-refractivity contribution in [1.82, 2.24) is 15.1 Å². The number of aliphatic hydroxyl groups excluding tert-OH is 1. The van der Waals surface area contributed by atoms with E-state index in [-0.39, 0.29) is 18.1 Å². The molecule has 0 saturated heterocycles. The van der Waals surface area contributed by atoms with Crippen LogP contribution in [0, 0.1) is 5.92 Å². The van der Waals surface area contributed by atoms with Crippen molar-refractivity contribution in [3.05, 3.63) is 12.3 Å². The van der Waals surface area contributed by atoms with Crippen molar-refractivity contribution < 1.29 is 9.90 Å². The Morgan fingerprint density at radius 1 is 1.59 bits per heavy atom. The molecule has 0 radical (unpaired) electrons. The van der Waals surface area contributed by atoms with Gasteiger partial charge in [-0.05, 0) is 19.3 Å². The normalized spacial score (nSPS) is 14.1. The maximum Gasteiger partial charge on any atom is 0.320 e. The van der Waals surface area contributed by atoms with Crippen LogP contribution in [-0.2, 0) is 7.05 Å². The minimum atomic E-state index is -0.342. The first-order chi connectivity index (χ1) is 7.97. The largest absolute Gasteiger partial charge is 0.393 e. The van der Waals surface area contributed by atoms with Crippen molar-refractivity contribution in [2.75, 3.05) is 11.9 Å². The Labute approximate surface area is 101 Å². The Hall–Kier alpha value is -1.56. The molecule has 1 aromatic heterocycles. The molecule has 0 fully saturated rings. The Bertz CT molecular complexity index is 362. The summed E-state index contributed by atoms with van der Waals surface area (Å²) in [4.78, 5) is 11.5. The van der Waals surface area contributed by atoms with Crippen molar-refractivity contribution in [1.29, 1.82) is 0 Å². The van der Waals surface area contributed by atoms with E-state index >= 15 is 0 Å². The zero-order chi connectivity index (χ0) is 12.8. The van der Waals surface area contributed by atoms with E-state index < -0.39 is 0 Å². The van der Waals surface area contributed by atoms with Crippen molar-refractivity contribution in [3.8, 4) is 0 Å². The molecule has 0 aliphatic rings. The molecule has 0 saturated carbocycles. The first-order valence-electron chi connectivity index (χ1n) is 5.70. The van der Waals surface area contributed by atoms with Gasteiger partial charge >= 0.3 is 6.03 Å². The van der Waals surface area contributed by atoms with Crippen molar-refractivity contribution in [3.63, 3.8) is 0 Å². The summed E-state index contributed by atoms with van der Waals surface area (Å²) in [5, 5.41) is 18.6. The van der Waals surface area contributed by atoms with Gasteiger partial charge in [0.1, 0.15) is 0 Å². The molecular formula is C11H20N4O2. The summed E-state index contributed by atoms with van der Waals surface area (Å²) in [6, 6.07) is 1.44. The molecule has 17 heavy (non-hydrogen) atoms. The van der Waals surface area contributed by atoms with Gasteiger partial charge in [0.25, 0.3) is 0 Å². The molecule has 1 aromatic rings. The van der Waals surface area contributed by atoms with Crippen molar-refractivity contribution in [2.45, 2.75) is 26.4 Å². The average Bonchev–Trinajstić information content (AvgIpc) is 2.60. The van der Waals surface area contributed by atoms with Crippen LogP contribution >= 0.6 is 0 Å². The molecule has 0 bridgehead atoms. The molecule has 1 rings (SSSR count). The second kappa shape index (κ2) is 6.24. The number of rotatable bonds is 5. The summed E-state index contributed by atoms with van der Waals surface area (Å²) in [5.74, 6) is 0.762. The SMILES string of the molecule is CC(O)CC(C)CNC(=O)Nc1ccn(C)n1. The Morgan fingerprint density at radius 3 is 2.82 bits per heavy atom. The minimum Gasteiger partial charge on any atom is -0.393 e. The van der Waals surface area contributed by atoms with Gasteiger partial charge in [0.15, 0.2) is 5.82 Å². The minimum absolute atomic E-state index is 0.240. The molecule has 0 spiro atoms. The first-order valence-corrected chi connectivity index (χ1v) is 5.70. The van der Waals surface area contributed by atoms with Crippen LogP contribution in [0.3, 0.4) is 0 Å². The molecule has 1 heterocycles. The van der Waals surface area contributed by atoms with E-state index in [9.17, 15) is 9.90 Å². The van der Waals surface area contributed by atoms with Gasteiger partial charge in [-0.25, -0.2) is 4.79 Å². The second-order valence-electron chi connectivity index (χ2n) is 4.40. The first kappa shape index (κ1) is 13.5. The third-order valence-electron chi connectivity index (χ3n) is 2.31. The van der Waals surface area contributed by atoms with E-state index in [1.54, 1.807) is 30.9 Å². The van der Waals surface area contributed by atoms with Crippen LogP contribution < -0.4 is 10.6 Å². The van der Waals surface area contributed by atoms with Crippen LogP contribution in [-0.4, -0.2) is 33.6 Å². The van der Waals surface area contributed by atoms with Crippen LogP contribution in [0.1, 0.15) is 20.3 Å². The quantitative estimate of drug-likeness (QED) is 0.717. The van der Waals surface area contributed by atoms with E-state index in [4.69, 9.17) is 0 Å².